The van der Waals surface area contributed by atoms with Crippen molar-refractivity contribution in [1.82, 2.24) is 5.32 Å². The quantitative estimate of drug-likeness (QED) is 0.865. The highest BCUT2D eigenvalue weighted by atomic mass is 79.9. The van der Waals surface area contributed by atoms with Crippen LogP contribution in [0.5, 0.6) is 11.5 Å². The Kier molecular flexibility index (Phi) is 5.00. The molecule has 0 radical (unpaired) electrons. The van der Waals surface area contributed by atoms with Gasteiger partial charge in [-0.25, -0.2) is 0 Å². The fraction of sp³-hybridized carbons (Fsp3) is 0.250. The molecular weight excluding hydrogens is 302 g/mol. The van der Waals surface area contributed by atoms with E-state index in [9.17, 15) is 0 Å². The Morgan fingerprint density at radius 3 is 2.37 bits per heavy atom. The first kappa shape index (κ1) is 14.1. The summed E-state index contributed by atoms with van der Waals surface area (Å²) in [7, 11) is 0. The molecule has 0 saturated carbocycles. The molecule has 19 heavy (non-hydrogen) atoms. The van der Waals surface area contributed by atoms with Crippen LogP contribution in [0.1, 0.15) is 18.1 Å². The van der Waals surface area contributed by atoms with Gasteiger partial charge in [-0.1, -0.05) is 46.6 Å². The SMILES string of the molecule is CCNCc1ccc(Oc2ccc(C)cc2)cc1Br. The van der Waals surface area contributed by atoms with Gasteiger partial charge in [-0.05, 0) is 43.3 Å². The molecule has 3 heteroatoms. The summed E-state index contributed by atoms with van der Waals surface area (Å²) in [5.74, 6) is 1.70. The third-order valence-corrected chi connectivity index (χ3v) is 3.58. The van der Waals surface area contributed by atoms with Crippen LogP contribution < -0.4 is 10.1 Å². The zero-order valence-corrected chi connectivity index (χ0v) is 12.8. The number of hydrogen-bond acceptors (Lipinski definition) is 2. The number of rotatable bonds is 5. The Morgan fingerprint density at radius 1 is 1.05 bits per heavy atom. The predicted molar refractivity (Wildman–Crippen MR) is 82.8 cm³/mol. The van der Waals surface area contributed by atoms with E-state index >= 15 is 0 Å². The van der Waals surface area contributed by atoms with Crippen molar-refractivity contribution < 1.29 is 4.74 Å². The molecule has 0 aliphatic carbocycles. The van der Waals surface area contributed by atoms with Crippen molar-refractivity contribution in [3.63, 3.8) is 0 Å². The smallest absolute Gasteiger partial charge is 0.128 e. The van der Waals surface area contributed by atoms with E-state index < -0.39 is 0 Å². The van der Waals surface area contributed by atoms with Crippen LogP contribution in [-0.2, 0) is 6.54 Å². The molecule has 2 nitrogen and oxygen atoms in total. The van der Waals surface area contributed by atoms with Gasteiger partial charge in [0, 0.05) is 11.0 Å². The van der Waals surface area contributed by atoms with Gasteiger partial charge in [0.15, 0.2) is 0 Å². The van der Waals surface area contributed by atoms with E-state index in [1.165, 1.54) is 11.1 Å². The first-order chi connectivity index (χ1) is 9.19. The molecule has 2 aromatic rings. The molecule has 0 atom stereocenters. The molecule has 0 heterocycles. The maximum Gasteiger partial charge on any atom is 0.128 e. The summed E-state index contributed by atoms with van der Waals surface area (Å²) in [6, 6.07) is 14.1. The van der Waals surface area contributed by atoms with Gasteiger partial charge >= 0.3 is 0 Å². The van der Waals surface area contributed by atoms with Crippen LogP contribution >= 0.6 is 15.9 Å². The molecule has 0 amide bonds. The van der Waals surface area contributed by atoms with Crippen molar-refractivity contribution in [3.05, 3.63) is 58.1 Å². The van der Waals surface area contributed by atoms with Crippen LogP contribution in [0.3, 0.4) is 0 Å². The van der Waals surface area contributed by atoms with E-state index in [1.54, 1.807) is 0 Å². The Hall–Kier alpha value is -1.32. The first-order valence-corrected chi connectivity index (χ1v) is 7.22. The Morgan fingerprint density at radius 2 is 1.74 bits per heavy atom. The van der Waals surface area contributed by atoms with E-state index in [4.69, 9.17) is 4.74 Å². The van der Waals surface area contributed by atoms with E-state index in [0.717, 1.165) is 29.1 Å². The van der Waals surface area contributed by atoms with Crippen molar-refractivity contribution >= 4 is 15.9 Å². The number of nitrogens with one attached hydrogen (secondary N) is 1. The summed E-state index contributed by atoms with van der Waals surface area (Å²) < 4.78 is 6.89. The lowest BCUT2D eigenvalue weighted by Gasteiger charge is -2.09. The second-order valence-electron chi connectivity index (χ2n) is 4.45. The van der Waals surface area contributed by atoms with Crippen molar-refractivity contribution in [2.75, 3.05) is 6.54 Å². The standard InChI is InChI=1S/C16H18BrNO/c1-3-18-11-13-6-9-15(10-16(13)17)19-14-7-4-12(2)5-8-14/h4-10,18H,3,11H2,1-2H3. The lowest BCUT2D eigenvalue weighted by Crippen LogP contribution is -2.11. The molecule has 0 aliphatic heterocycles. The molecule has 0 unspecified atom stereocenters. The third-order valence-electron chi connectivity index (χ3n) is 2.85. The Bertz CT molecular complexity index is 537. The number of hydrogen-bond donors (Lipinski definition) is 1. The summed E-state index contributed by atoms with van der Waals surface area (Å²) in [6.07, 6.45) is 0. The van der Waals surface area contributed by atoms with Crippen molar-refractivity contribution in [3.8, 4) is 11.5 Å². The number of aryl methyl sites for hydroxylation is 1. The van der Waals surface area contributed by atoms with Crippen LogP contribution in [-0.4, -0.2) is 6.54 Å². The fourth-order valence-electron chi connectivity index (χ4n) is 1.74. The maximum atomic E-state index is 5.82. The van der Waals surface area contributed by atoms with Gasteiger partial charge in [0.05, 0.1) is 0 Å². The number of benzene rings is 2. The molecule has 0 aromatic heterocycles. The van der Waals surface area contributed by atoms with Gasteiger partial charge in [0.2, 0.25) is 0 Å². The first-order valence-electron chi connectivity index (χ1n) is 6.42. The zero-order chi connectivity index (χ0) is 13.7. The largest absolute Gasteiger partial charge is 0.457 e. The second-order valence-corrected chi connectivity index (χ2v) is 5.30. The van der Waals surface area contributed by atoms with Crippen LogP contribution in [0, 0.1) is 6.92 Å². The molecule has 2 rings (SSSR count). The molecule has 0 fully saturated rings. The van der Waals surface area contributed by atoms with Crippen LogP contribution in [0.4, 0.5) is 0 Å². The van der Waals surface area contributed by atoms with Gasteiger partial charge in [-0.3, -0.25) is 0 Å². The molecule has 0 bridgehead atoms. The molecular formula is C16H18BrNO. The van der Waals surface area contributed by atoms with Gasteiger partial charge in [0.1, 0.15) is 11.5 Å². The predicted octanol–water partition coefficient (Wildman–Crippen LogP) is 4.66. The van der Waals surface area contributed by atoms with Crippen LogP contribution in [0.2, 0.25) is 0 Å². The average Bonchev–Trinajstić information content (AvgIpc) is 2.41. The molecule has 0 spiro atoms. The summed E-state index contributed by atoms with van der Waals surface area (Å²) >= 11 is 3.58. The molecule has 1 N–H and O–H groups in total. The van der Waals surface area contributed by atoms with E-state index in [-0.39, 0.29) is 0 Å². The molecule has 2 aromatic carbocycles. The van der Waals surface area contributed by atoms with Gasteiger partial charge in [-0.15, -0.1) is 0 Å². The maximum absolute atomic E-state index is 5.82. The molecule has 0 aliphatic rings. The monoisotopic (exact) mass is 319 g/mol. The summed E-state index contributed by atoms with van der Waals surface area (Å²) in [5, 5.41) is 3.31. The van der Waals surface area contributed by atoms with Crippen molar-refractivity contribution in [2.24, 2.45) is 0 Å². The van der Waals surface area contributed by atoms with E-state index in [1.807, 2.05) is 36.4 Å². The van der Waals surface area contributed by atoms with Crippen molar-refractivity contribution in [1.29, 1.82) is 0 Å². The lowest BCUT2D eigenvalue weighted by molar-refractivity contribution is 0.482. The fourth-order valence-corrected chi connectivity index (χ4v) is 2.23. The molecule has 100 valence electrons. The average molecular weight is 320 g/mol. The lowest BCUT2D eigenvalue weighted by atomic mass is 10.2. The second kappa shape index (κ2) is 6.73. The number of ether oxygens (including phenoxy) is 1. The Balaban J connectivity index is 2.09. The minimum atomic E-state index is 0.843. The minimum absolute atomic E-state index is 0.843. The van der Waals surface area contributed by atoms with Gasteiger partial charge in [0.25, 0.3) is 0 Å². The number of halogens is 1. The minimum Gasteiger partial charge on any atom is -0.457 e. The molecule has 0 saturated heterocycles. The van der Waals surface area contributed by atoms with Gasteiger partial charge in [-0.2, -0.15) is 0 Å². The Labute approximate surface area is 122 Å². The summed E-state index contributed by atoms with van der Waals surface area (Å²) in [4.78, 5) is 0. The van der Waals surface area contributed by atoms with E-state index in [2.05, 4.69) is 41.2 Å². The summed E-state index contributed by atoms with van der Waals surface area (Å²) in [6.45, 7) is 5.99. The van der Waals surface area contributed by atoms with Gasteiger partial charge < -0.3 is 10.1 Å². The highest BCUT2D eigenvalue weighted by molar-refractivity contribution is 9.10. The van der Waals surface area contributed by atoms with Crippen molar-refractivity contribution in [2.45, 2.75) is 20.4 Å². The topological polar surface area (TPSA) is 21.3 Å². The summed E-state index contributed by atoms with van der Waals surface area (Å²) in [5.41, 5.74) is 2.47. The highest BCUT2D eigenvalue weighted by Crippen LogP contribution is 2.27. The third kappa shape index (κ3) is 4.08. The highest BCUT2D eigenvalue weighted by Gasteiger charge is 2.03. The normalized spacial score (nSPS) is 10.5. The zero-order valence-electron chi connectivity index (χ0n) is 11.2. The van der Waals surface area contributed by atoms with E-state index in [0.29, 0.717) is 0 Å². The van der Waals surface area contributed by atoms with Crippen LogP contribution in [0.25, 0.3) is 0 Å². The van der Waals surface area contributed by atoms with Crippen LogP contribution in [0.15, 0.2) is 46.9 Å².